The minimum atomic E-state index is -0.425. The summed E-state index contributed by atoms with van der Waals surface area (Å²) in [5.41, 5.74) is 1.09. The Bertz CT molecular complexity index is 437. The molecule has 0 saturated carbocycles. The number of benzene rings is 1. The maximum Gasteiger partial charge on any atom is 0.341 e. The molecule has 1 aromatic rings. The summed E-state index contributed by atoms with van der Waals surface area (Å²) in [6.45, 7) is 5.83. The third-order valence-electron chi connectivity index (χ3n) is 2.32. The van der Waals surface area contributed by atoms with Crippen LogP contribution in [0.15, 0.2) is 18.2 Å². The normalized spacial score (nSPS) is 9.94. The van der Waals surface area contributed by atoms with Gasteiger partial charge in [0.25, 0.3) is 0 Å². The van der Waals surface area contributed by atoms with E-state index in [1.54, 1.807) is 25.1 Å². The number of hydrogen-bond donors (Lipinski definition) is 0. The molecule has 1 rings (SSSR count). The zero-order chi connectivity index (χ0) is 13.5. The Balaban J connectivity index is 3.15. The van der Waals surface area contributed by atoms with Gasteiger partial charge >= 0.3 is 5.97 Å². The molecule has 0 aliphatic rings. The van der Waals surface area contributed by atoms with Crippen molar-refractivity contribution in [3.63, 3.8) is 0 Å². The Hall–Kier alpha value is -1.84. The van der Waals surface area contributed by atoms with Gasteiger partial charge in [0.1, 0.15) is 17.1 Å². The molecule has 0 fully saturated rings. The number of hydrogen-bond acceptors (Lipinski definition) is 4. The first-order chi connectivity index (χ1) is 8.60. The third-order valence-corrected chi connectivity index (χ3v) is 2.32. The highest BCUT2D eigenvalue weighted by Gasteiger charge is 2.17. The molecule has 0 radical (unpaired) electrons. The summed E-state index contributed by atoms with van der Waals surface area (Å²) in [5.74, 6) is 0.0527. The summed E-state index contributed by atoms with van der Waals surface area (Å²) >= 11 is 0. The van der Waals surface area contributed by atoms with Crippen molar-refractivity contribution in [2.45, 2.75) is 27.2 Å². The number of Topliss-reactive ketones (excluding diaryl/α,β-unsaturated/α-hetero) is 1. The lowest BCUT2D eigenvalue weighted by Gasteiger charge is -2.13. The topological polar surface area (TPSA) is 52.6 Å². The molecule has 0 unspecified atom stereocenters. The number of ether oxygens (including phenoxy) is 2. The Kier molecular flexibility index (Phi) is 5.36. The van der Waals surface area contributed by atoms with Crippen molar-refractivity contribution >= 4 is 11.8 Å². The Morgan fingerprint density at radius 3 is 2.44 bits per heavy atom. The molecule has 0 amide bonds. The summed E-state index contributed by atoms with van der Waals surface area (Å²) in [4.78, 5) is 23.0. The van der Waals surface area contributed by atoms with Gasteiger partial charge in [0.15, 0.2) is 0 Å². The molecule has 0 heterocycles. The molecule has 4 heteroatoms. The van der Waals surface area contributed by atoms with Crippen LogP contribution in [-0.4, -0.2) is 25.0 Å². The molecule has 0 spiro atoms. The van der Waals surface area contributed by atoms with Gasteiger partial charge in [-0.3, -0.25) is 4.79 Å². The van der Waals surface area contributed by atoms with Crippen LogP contribution < -0.4 is 4.74 Å². The van der Waals surface area contributed by atoms with Crippen molar-refractivity contribution in [2.24, 2.45) is 0 Å². The van der Waals surface area contributed by atoms with Crippen molar-refractivity contribution in [3.05, 3.63) is 29.3 Å². The fourth-order valence-corrected chi connectivity index (χ4v) is 1.68. The summed E-state index contributed by atoms with van der Waals surface area (Å²) in [6, 6.07) is 5.16. The highest BCUT2D eigenvalue weighted by Crippen LogP contribution is 2.25. The van der Waals surface area contributed by atoms with Gasteiger partial charge in [0.05, 0.1) is 13.2 Å². The lowest BCUT2D eigenvalue weighted by Crippen LogP contribution is -2.10. The van der Waals surface area contributed by atoms with E-state index in [-0.39, 0.29) is 12.2 Å². The van der Waals surface area contributed by atoms with Crippen molar-refractivity contribution in [1.29, 1.82) is 0 Å². The van der Waals surface area contributed by atoms with E-state index in [1.165, 1.54) is 6.92 Å². The van der Waals surface area contributed by atoms with E-state index in [4.69, 9.17) is 9.47 Å². The van der Waals surface area contributed by atoms with Crippen LogP contribution >= 0.6 is 0 Å². The zero-order valence-corrected chi connectivity index (χ0v) is 11.0. The van der Waals surface area contributed by atoms with Crippen LogP contribution in [0.5, 0.6) is 5.75 Å². The van der Waals surface area contributed by atoms with E-state index in [0.29, 0.717) is 24.5 Å². The number of carbonyl (C=O) groups is 2. The van der Waals surface area contributed by atoms with Crippen LogP contribution in [0.2, 0.25) is 0 Å². The number of esters is 1. The van der Waals surface area contributed by atoms with Crippen LogP contribution in [0.25, 0.3) is 0 Å². The highest BCUT2D eigenvalue weighted by molar-refractivity contribution is 5.93. The zero-order valence-electron chi connectivity index (χ0n) is 11.0. The monoisotopic (exact) mass is 250 g/mol. The lowest BCUT2D eigenvalue weighted by molar-refractivity contribution is -0.116. The van der Waals surface area contributed by atoms with Crippen molar-refractivity contribution in [2.75, 3.05) is 13.2 Å². The summed E-state index contributed by atoms with van der Waals surface area (Å²) < 4.78 is 10.5. The highest BCUT2D eigenvalue weighted by atomic mass is 16.5. The van der Waals surface area contributed by atoms with Crippen molar-refractivity contribution < 1.29 is 19.1 Å². The van der Waals surface area contributed by atoms with Crippen LogP contribution in [0.4, 0.5) is 0 Å². The minimum absolute atomic E-state index is 0.0250. The Morgan fingerprint density at radius 2 is 1.89 bits per heavy atom. The van der Waals surface area contributed by atoms with E-state index in [1.807, 2.05) is 6.92 Å². The molecule has 0 bridgehead atoms. The molecular weight excluding hydrogens is 232 g/mol. The van der Waals surface area contributed by atoms with Crippen molar-refractivity contribution in [3.8, 4) is 5.75 Å². The molecule has 4 nitrogen and oxygen atoms in total. The molecule has 0 N–H and O–H groups in total. The van der Waals surface area contributed by atoms with Crippen LogP contribution in [-0.2, 0) is 16.0 Å². The smallest absolute Gasteiger partial charge is 0.341 e. The second-order valence-electron chi connectivity index (χ2n) is 3.83. The number of carbonyl (C=O) groups excluding carboxylic acids is 2. The van der Waals surface area contributed by atoms with Crippen LogP contribution in [0.3, 0.4) is 0 Å². The molecule has 0 aliphatic carbocycles. The Morgan fingerprint density at radius 1 is 1.17 bits per heavy atom. The summed E-state index contributed by atoms with van der Waals surface area (Å²) in [5, 5.41) is 0. The Labute approximate surface area is 107 Å². The maximum atomic E-state index is 11.8. The fourth-order valence-electron chi connectivity index (χ4n) is 1.68. The number of ketones is 1. The number of para-hydroxylation sites is 1. The predicted molar refractivity (Wildman–Crippen MR) is 68.0 cm³/mol. The molecule has 98 valence electrons. The van der Waals surface area contributed by atoms with Gasteiger partial charge < -0.3 is 9.47 Å². The molecule has 0 aliphatic heterocycles. The van der Waals surface area contributed by atoms with Crippen LogP contribution in [0, 0.1) is 0 Å². The molecule has 0 atom stereocenters. The van der Waals surface area contributed by atoms with E-state index in [0.717, 1.165) is 5.56 Å². The first kappa shape index (κ1) is 14.2. The second-order valence-corrected chi connectivity index (χ2v) is 3.83. The van der Waals surface area contributed by atoms with Gasteiger partial charge in [-0.05, 0) is 26.8 Å². The van der Waals surface area contributed by atoms with Gasteiger partial charge in [0, 0.05) is 12.0 Å². The van der Waals surface area contributed by atoms with E-state index >= 15 is 0 Å². The summed E-state index contributed by atoms with van der Waals surface area (Å²) in [6.07, 6.45) is 0.253. The predicted octanol–water partition coefficient (Wildman–Crippen LogP) is 2.39. The number of rotatable bonds is 6. The molecule has 18 heavy (non-hydrogen) atoms. The van der Waals surface area contributed by atoms with Gasteiger partial charge in [-0.2, -0.15) is 0 Å². The second kappa shape index (κ2) is 6.79. The van der Waals surface area contributed by atoms with E-state index < -0.39 is 5.97 Å². The van der Waals surface area contributed by atoms with Crippen LogP contribution in [0.1, 0.15) is 36.7 Å². The first-order valence-electron chi connectivity index (χ1n) is 6.01. The average Bonchev–Trinajstić information content (AvgIpc) is 2.31. The molecule has 0 saturated heterocycles. The van der Waals surface area contributed by atoms with Gasteiger partial charge in [0.2, 0.25) is 0 Å². The molecule has 1 aromatic carbocycles. The third kappa shape index (κ3) is 3.58. The largest absolute Gasteiger partial charge is 0.493 e. The summed E-state index contributed by atoms with van der Waals surface area (Å²) in [7, 11) is 0. The standard InChI is InChI=1S/C14H18O4/c1-4-17-13-11(9-10(3)15)7-6-8-12(13)14(16)18-5-2/h6-8H,4-5,9H2,1-3H3. The minimum Gasteiger partial charge on any atom is -0.493 e. The van der Waals surface area contributed by atoms with E-state index in [2.05, 4.69) is 0 Å². The molecule has 0 aromatic heterocycles. The van der Waals surface area contributed by atoms with E-state index in [9.17, 15) is 9.59 Å². The van der Waals surface area contributed by atoms with Gasteiger partial charge in [-0.15, -0.1) is 0 Å². The molecular formula is C14H18O4. The van der Waals surface area contributed by atoms with Gasteiger partial charge in [-0.25, -0.2) is 4.79 Å². The lowest BCUT2D eigenvalue weighted by atomic mass is 10.0. The quantitative estimate of drug-likeness (QED) is 0.727. The SMILES string of the molecule is CCOC(=O)c1cccc(CC(C)=O)c1OCC. The van der Waals surface area contributed by atoms with Gasteiger partial charge in [-0.1, -0.05) is 12.1 Å². The fraction of sp³-hybridized carbons (Fsp3) is 0.429. The average molecular weight is 250 g/mol. The first-order valence-corrected chi connectivity index (χ1v) is 6.01. The van der Waals surface area contributed by atoms with Crippen molar-refractivity contribution in [1.82, 2.24) is 0 Å². The maximum absolute atomic E-state index is 11.8.